The fourth-order valence-electron chi connectivity index (χ4n) is 3.65. The van der Waals surface area contributed by atoms with Gasteiger partial charge in [0.15, 0.2) is 0 Å². The monoisotopic (exact) mass is 456 g/mol. The van der Waals surface area contributed by atoms with Gasteiger partial charge in [-0.2, -0.15) is 0 Å². The van der Waals surface area contributed by atoms with Crippen molar-refractivity contribution >= 4 is 41.1 Å². The van der Waals surface area contributed by atoms with Crippen molar-refractivity contribution in [2.45, 2.75) is 38.6 Å². The second-order valence-corrected chi connectivity index (χ2v) is 8.72. The van der Waals surface area contributed by atoms with E-state index < -0.39 is 18.0 Å². The Morgan fingerprint density at radius 2 is 2.25 bits per heavy atom. The van der Waals surface area contributed by atoms with E-state index in [0.29, 0.717) is 43.1 Å². The van der Waals surface area contributed by atoms with Crippen molar-refractivity contribution < 1.29 is 24.2 Å². The Labute approximate surface area is 189 Å². The predicted octanol–water partition coefficient (Wildman–Crippen LogP) is 2.79. The van der Waals surface area contributed by atoms with Crippen molar-refractivity contribution in [3.63, 3.8) is 0 Å². The van der Waals surface area contributed by atoms with Gasteiger partial charge < -0.3 is 19.6 Å². The highest BCUT2D eigenvalue weighted by Gasteiger charge is 2.33. The lowest BCUT2D eigenvalue weighted by molar-refractivity contribution is -0.142. The molecular formula is C22H24N4O5S. The quantitative estimate of drug-likeness (QED) is 0.591. The first-order valence-electron chi connectivity index (χ1n) is 10.3. The van der Waals surface area contributed by atoms with E-state index in [1.165, 1.54) is 11.0 Å². The highest BCUT2D eigenvalue weighted by molar-refractivity contribution is 7.09. The molecule has 3 amide bonds. The summed E-state index contributed by atoms with van der Waals surface area (Å²) in [4.78, 5) is 44.5. The molecule has 1 unspecified atom stereocenters. The molecule has 0 spiro atoms. The number of aromatic nitrogens is 1. The van der Waals surface area contributed by atoms with Crippen LogP contribution in [-0.2, 0) is 27.5 Å². The lowest BCUT2D eigenvalue weighted by atomic mass is 10.1. The molecule has 2 aromatic rings. The molecule has 0 radical (unpaired) electrons. The number of ether oxygens (including phenoxy) is 1. The smallest absolute Gasteiger partial charge is 0.326 e. The van der Waals surface area contributed by atoms with Crippen LogP contribution in [0.15, 0.2) is 35.9 Å². The summed E-state index contributed by atoms with van der Waals surface area (Å²) >= 11 is 1.65. The highest BCUT2D eigenvalue weighted by Crippen LogP contribution is 2.25. The van der Waals surface area contributed by atoms with Gasteiger partial charge >= 0.3 is 12.0 Å². The van der Waals surface area contributed by atoms with Crippen LogP contribution in [0.2, 0.25) is 0 Å². The van der Waals surface area contributed by atoms with E-state index in [0.717, 1.165) is 4.88 Å². The van der Waals surface area contributed by atoms with E-state index in [4.69, 9.17) is 4.74 Å². The van der Waals surface area contributed by atoms with Crippen molar-refractivity contribution in [3.05, 3.63) is 51.9 Å². The number of thiophene rings is 1. The van der Waals surface area contributed by atoms with Crippen LogP contribution in [0.3, 0.4) is 0 Å². The average Bonchev–Trinajstić information content (AvgIpc) is 3.25. The van der Waals surface area contributed by atoms with Crippen LogP contribution in [0.25, 0.3) is 6.08 Å². The van der Waals surface area contributed by atoms with Gasteiger partial charge in [0.1, 0.15) is 11.9 Å². The number of carboxylic acid groups (broad SMARTS) is 1. The lowest BCUT2D eigenvalue weighted by Gasteiger charge is -2.38. The van der Waals surface area contributed by atoms with Gasteiger partial charge in [-0.15, -0.1) is 11.3 Å². The second kappa shape index (κ2) is 9.49. The largest absolute Gasteiger partial charge is 0.480 e. The summed E-state index contributed by atoms with van der Waals surface area (Å²) in [6.45, 7) is 3.55. The number of fused-ring (bicyclic) bond motifs is 1. The summed E-state index contributed by atoms with van der Waals surface area (Å²) < 4.78 is 5.79. The molecule has 10 heteroatoms. The molecule has 2 aliphatic rings. The zero-order chi connectivity index (χ0) is 22.7. The van der Waals surface area contributed by atoms with Crippen molar-refractivity contribution in [2.75, 3.05) is 18.4 Å². The van der Waals surface area contributed by atoms with Gasteiger partial charge in [0.2, 0.25) is 5.91 Å². The second-order valence-electron chi connectivity index (χ2n) is 7.69. The van der Waals surface area contributed by atoms with Gasteiger partial charge in [-0.3, -0.25) is 10.1 Å². The number of anilines is 1. The molecule has 32 heavy (non-hydrogen) atoms. The van der Waals surface area contributed by atoms with E-state index in [1.54, 1.807) is 41.5 Å². The summed E-state index contributed by atoms with van der Waals surface area (Å²) in [6, 6.07) is 4.42. The molecular weight excluding hydrogens is 432 g/mol. The number of carbonyl (C=O) groups is 3. The molecule has 2 aromatic heterocycles. The number of hydrogen-bond donors (Lipinski definition) is 2. The van der Waals surface area contributed by atoms with Crippen LogP contribution in [0, 0.1) is 0 Å². The molecule has 0 aromatic carbocycles. The molecule has 1 fully saturated rings. The molecule has 1 atom stereocenters. The first-order chi connectivity index (χ1) is 15.4. The van der Waals surface area contributed by atoms with Crippen LogP contribution in [0.4, 0.5) is 10.6 Å². The minimum Gasteiger partial charge on any atom is -0.480 e. The maximum atomic E-state index is 12.4. The summed E-state index contributed by atoms with van der Waals surface area (Å²) in [5.74, 6) is -0.748. The number of carboxylic acids is 1. The highest BCUT2D eigenvalue weighted by atomic mass is 32.1. The number of carbonyl (C=O) groups excluding carboxylic acids is 2. The van der Waals surface area contributed by atoms with E-state index in [-0.39, 0.29) is 18.6 Å². The van der Waals surface area contributed by atoms with Crippen molar-refractivity contribution in [3.8, 4) is 0 Å². The van der Waals surface area contributed by atoms with E-state index in [2.05, 4.69) is 10.3 Å². The number of aliphatic carboxylic acids is 1. The molecule has 0 saturated carbocycles. The van der Waals surface area contributed by atoms with E-state index in [9.17, 15) is 19.5 Å². The number of nitrogens with one attached hydrogen (secondary N) is 1. The van der Waals surface area contributed by atoms with E-state index >= 15 is 0 Å². The summed E-state index contributed by atoms with van der Waals surface area (Å²) in [5.41, 5.74) is 1.40. The fraction of sp³-hybridized carbons (Fsp3) is 0.364. The topological polar surface area (TPSA) is 112 Å². The van der Waals surface area contributed by atoms with E-state index in [1.807, 2.05) is 17.5 Å². The zero-order valence-corrected chi connectivity index (χ0v) is 18.4. The Morgan fingerprint density at radius 1 is 1.44 bits per heavy atom. The van der Waals surface area contributed by atoms with Crippen LogP contribution in [0.5, 0.6) is 0 Å². The maximum Gasteiger partial charge on any atom is 0.326 e. The minimum atomic E-state index is -1.05. The first kappa shape index (κ1) is 22.0. The number of nitrogens with zero attached hydrogens (tertiary/aromatic N) is 3. The van der Waals surface area contributed by atoms with Crippen LogP contribution in [-0.4, -0.2) is 63.0 Å². The third-order valence-corrected chi connectivity index (χ3v) is 6.33. The molecule has 9 nitrogen and oxygen atoms in total. The molecule has 4 rings (SSSR count). The van der Waals surface area contributed by atoms with Gasteiger partial charge in [0, 0.05) is 35.8 Å². The van der Waals surface area contributed by atoms with Crippen LogP contribution >= 0.6 is 11.3 Å². The van der Waals surface area contributed by atoms with Gasteiger partial charge in [0.05, 0.1) is 19.3 Å². The summed E-state index contributed by atoms with van der Waals surface area (Å²) in [7, 11) is 0. The number of likely N-dealkylation sites (tertiary alicyclic amines) is 1. The number of hydrogen-bond acceptors (Lipinski definition) is 6. The lowest BCUT2D eigenvalue weighted by Crippen LogP contribution is -2.54. The van der Waals surface area contributed by atoms with Gasteiger partial charge in [-0.05, 0) is 35.6 Å². The molecule has 4 heterocycles. The number of amides is 3. The Hall–Kier alpha value is -3.24. The average molecular weight is 457 g/mol. The Morgan fingerprint density at radius 3 is 2.94 bits per heavy atom. The van der Waals surface area contributed by atoms with Crippen molar-refractivity contribution in [1.29, 1.82) is 0 Å². The third-order valence-electron chi connectivity index (χ3n) is 5.48. The normalized spacial score (nSPS) is 17.1. The van der Waals surface area contributed by atoms with Crippen molar-refractivity contribution in [1.82, 2.24) is 14.8 Å². The first-order valence-corrected chi connectivity index (χ1v) is 11.2. The third kappa shape index (κ3) is 4.81. The SMILES string of the molecule is CCC(C(=O)O)N1Cc2cc(C=CC(=O)N3CC(OCc4cccs4)C3)cnc2NC1=O. The summed E-state index contributed by atoms with van der Waals surface area (Å²) in [6.07, 6.45) is 5.08. The Bertz CT molecular complexity index is 1030. The standard InChI is InChI=1S/C22H24N4O5S/c1-2-18(21(28)29)26-10-15-8-14(9-23-20(15)24-22(26)30)5-6-19(27)25-11-16(12-25)31-13-17-4-3-7-32-17/h3-9,16,18H,2,10-13H2,1H3,(H,28,29)(H,23,24,30). The minimum absolute atomic E-state index is 0.0511. The number of pyridine rings is 1. The summed E-state index contributed by atoms with van der Waals surface area (Å²) in [5, 5.41) is 14.0. The molecule has 0 aliphatic carbocycles. The Kier molecular flexibility index (Phi) is 6.52. The molecule has 2 aliphatic heterocycles. The van der Waals surface area contributed by atoms with Crippen molar-refractivity contribution in [2.24, 2.45) is 0 Å². The molecule has 168 valence electrons. The van der Waals surface area contributed by atoms with Gasteiger partial charge in [0.25, 0.3) is 0 Å². The molecule has 2 N–H and O–H groups in total. The number of urea groups is 1. The van der Waals surface area contributed by atoms with Gasteiger partial charge in [-0.1, -0.05) is 13.0 Å². The fourth-order valence-corrected chi connectivity index (χ4v) is 4.28. The van der Waals surface area contributed by atoms with Crippen LogP contribution < -0.4 is 5.32 Å². The van der Waals surface area contributed by atoms with Crippen LogP contribution in [0.1, 0.15) is 29.3 Å². The van der Waals surface area contributed by atoms with Gasteiger partial charge in [-0.25, -0.2) is 14.6 Å². The zero-order valence-electron chi connectivity index (χ0n) is 17.6. The predicted molar refractivity (Wildman–Crippen MR) is 119 cm³/mol. The Balaban J connectivity index is 1.33. The maximum absolute atomic E-state index is 12.4. The molecule has 0 bridgehead atoms. The molecule has 1 saturated heterocycles. The number of rotatable bonds is 8.